The van der Waals surface area contributed by atoms with Crippen LogP contribution in [-0.4, -0.2) is 48.1 Å². The Morgan fingerprint density at radius 2 is 1.84 bits per heavy atom. The van der Waals surface area contributed by atoms with Gasteiger partial charge in [0, 0.05) is 31.9 Å². The number of carbonyl (C=O) groups excluding carboxylic acids is 1. The molecule has 1 aromatic carbocycles. The highest BCUT2D eigenvalue weighted by atomic mass is 35.5. The van der Waals surface area contributed by atoms with Crippen molar-refractivity contribution in [2.45, 2.75) is 39.0 Å². The van der Waals surface area contributed by atoms with Crippen molar-refractivity contribution in [1.29, 1.82) is 0 Å². The van der Waals surface area contributed by atoms with E-state index in [0.717, 1.165) is 31.6 Å². The molecule has 25 heavy (non-hydrogen) atoms. The van der Waals surface area contributed by atoms with Gasteiger partial charge in [-0.05, 0) is 57.2 Å². The minimum atomic E-state index is -0.884. The lowest BCUT2D eigenvalue weighted by Crippen LogP contribution is -2.48. The van der Waals surface area contributed by atoms with Gasteiger partial charge in [0.2, 0.25) is 0 Å². The van der Waals surface area contributed by atoms with E-state index in [1.165, 1.54) is 6.42 Å². The smallest absolute Gasteiger partial charge is 0.311 e. The van der Waals surface area contributed by atoms with E-state index in [9.17, 15) is 14.7 Å². The lowest BCUT2D eigenvalue weighted by atomic mass is 9.82. The summed E-state index contributed by atoms with van der Waals surface area (Å²) in [6.07, 6.45) is 4.85. The van der Waals surface area contributed by atoms with Crippen LogP contribution in [0.4, 0.5) is 5.69 Å². The zero-order valence-corrected chi connectivity index (χ0v) is 15.4. The molecule has 2 heterocycles. The molecule has 1 unspecified atom stereocenters. The molecular formula is C19H25ClN2O3. The van der Waals surface area contributed by atoms with Gasteiger partial charge in [0.05, 0.1) is 16.0 Å². The van der Waals surface area contributed by atoms with Gasteiger partial charge in [-0.25, -0.2) is 0 Å². The fourth-order valence-corrected chi connectivity index (χ4v) is 3.98. The number of carboxylic acid groups (broad SMARTS) is 1. The number of hydrogen-bond acceptors (Lipinski definition) is 3. The molecule has 1 amide bonds. The largest absolute Gasteiger partial charge is 0.481 e. The van der Waals surface area contributed by atoms with Crippen LogP contribution in [0.25, 0.3) is 0 Å². The van der Waals surface area contributed by atoms with Gasteiger partial charge in [0.1, 0.15) is 0 Å². The molecule has 3 rings (SSSR count). The summed E-state index contributed by atoms with van der Waals surface area (Å²) in [6, 6.07) is 5.60. The topological polar surface area (TPSA) is 60.9 Å². The molecule has 2 aliphatic heterocycles. The minimum absolute atomic E-state index is 0.170. The first-order valence-corrected chi connectivity index (χ1v) is 9.36. The molecule has 1 N–H and O–H groups in total. The van der Waals surface area contributed by atoms with Gasteiger partial charge in [0.25, 0.3) is 5.91 Å². The van der Waals surface area contributed by atoms with Crippen LogP contribution in [0.15, 0.2) is 18.2 Å². The number of hydrogen-bond donors (Lipinski definition) is 1. The molecular weight excluding hydrogens is 340 g/mol. The van der Waals surface area contributed by atoms with Crippen LogP contribution in [0.2, 0.25) is 5.02 Å². The van der Waals surface area contributed by atoms with Crippen LogP contribution >= 0.6 is 11.6 Å². The Bertz CT molecular complexity index is 673. The minimum Gasteiger partial charge on any atom is -0.481 e. The van der Waals surface area contributed by atoms with Crippen molar-refractivity contribution in [3.8, 4) is 0 Å². The van der Waals surface area contributed by atoms with E-state index in [0.29, 0.717) is 30.0 Å². The highest BCUT2D eigenvalue weighted by molar-refractivity contribution is 6.34. The van der Waals surface area contributed by atoms with Crippen molar-refractivity contribution < 1.29 is 14.7 Å². The van der Waals surface area contributed by atoms with Crippen LogP contribution < -0.4 is 4.90 Å². The van der Waals surface area contributed by atoms with Crippen LogP contribution in [0.3, 0.4) is 0 Å². The summed E-state index contributed by atoms with van der Waals surface area (Å²) in [5.74, 6) is -1.02. The van der Waals surface area contributed by atoms with Crippen molar-refractivity contribution >= 4 is 29.2 Å². The Morgan fingerprint density at radius 3 is 2.52 bits per heavy atom. The molecule has 1 atom stereocenters. The first-order valence-electron chi connectivity index (χ1n) is 8.98. The molecule has 5 nitrogen and oxygen atoms in total. The van der Waals surface area contributed by atoms with Crippen molar-refractivity contribution in [2.24, 2.45) is 5.41 Å². The van der Waals surface area contributed by atoms with Gasteiger partial charge >= 0.3 is 5.97 Å². The van der Waals surface area contributed by atoms with Gasteiger partial charge < -0.3 is 14.9 Å². The quantitative estimate of drug-likeness (QED) is 0.889. The average Bonchev–Trinajstić information content (AvgIpc) is 2.62. The Balaban J connectivity index is 1.82. The van der Waals surface area contributed by atoms with E-state index in [-0.39, 0.29) is 12.5 Å². The fraction of sp³-hybridized carbons (Fsp3) is 0.579. The molecule has 6 heteroatoms. The molecule has 0 aromatic heterocycles. The van der Waals surface area contributed by atoms with Crippen LogP contribution in [0.1, 0.15) is 49.4 Å². The van der Waals surface area contributed by atoms with Crippen LogP contribution in [-0.2, 0) is 4.79 Å². The number of amides is 1. The molecule has 2 saturated heterocycles. The van der Waals surface area contributed by atoms with E-state index in [2.05, 4.69) is 4.90 Å². The number of carboxylic acids is 1. The summed E-state index contributed by atoms with van der Waals surface area (Å²) in [6.45, 7) is 4.50. The van der Waals surface area contributed by atoms with E-state index >= 15 is 0 Å². The molecule has 1 aromatic rings. The summed E-state index contributed by atoms with van der Waals surface area (Å²) in [4.78, 5) is 28.5. The predicted molar refractivity (Wildman–Crippen MR) is 98.4 cm³/mol. The fourth-order valence-electron chi connectivity index (χ4n) is 3.78. The maximum Gasteiger partial charge on any atom is 0.311 e. The third kappa shape index (κ3) is 3.76. The van der Waals surface area contributed by atoms with Crippen LogP contribution in [0, 0.1) is 5.41 Å². The summed E-state index contributed by atoms with van der Waals surface area (Å²) in [5, 5.41) is 9.89. The number of carbonyl (C=O) groups is 2. The summed E-state index contributed by atoms with van der Waals surface area (Å²) >= 11 is 6.30. The normalized spacial score (nSPS) is 24.2. The van der Waals surface area contributed by atoms with E-state index in [1.807, 2.05) is 12.1 Å². The second-order valence-corrected chi connectivity index (χ2v) is 7.82. The number of piperidine rings is 2. The average molecular weight is 365 g/mol. The van der Waals surface area contributed by atoms with E-state index < -0.39 is 11.4 Å². The summed E-state index contributed by atoms with van der Waals surface area (Å²) < 4.78 is 0. The third-order valence-electron chi connectivity index (χ3n) is 5.40. The Kier molecular flexibility index (Phi) is 5.23. The van der Waals surface area contributed by atoms with Crippen molar-refractivity contribution in [1.82, 2.24) is 4.90 Å². The van der Waals surface area contributed by atoms with Crippen molar-refractivity contribution in [2.75, 3.05) is 31.1 Å². The molecule has 0 aliphatic carbocycles. The van der Waals surface area contributed by atoms with Crippen LogP contribution in [0.5, 0.6) is 0 Å². The highest BCUT2D eigenvalue weighted by Gasteiger charge is 2.39. The third-order valence-corrected chi connectivity index (χ3v) is 5.73. The number of aliphatic carboxylic acids is 1. The molecule has 136 valence electrons. The van der Waals surface area contributed by atoms with Gasteiger partial charge in [-0.15, -0.1) is 0 Å². The second kappa shape index (κ2) is 7.24. The zero-order valence-electron chi connectivity index (χ0n) is 14.6. The molecule has 0 saturated carbocycles. The first-order chi connectivity index (χ1) is 11.9. The van der Waals surface area contributed by atoms with Crippen molar-refractivity contribution in [3.05, 3.63) is 28.8 Å². The first kappa shape index (κ1) is 18.1. The predicted octanol–water partition coefficient (Wildman–Crippen LogP) is 3.66. The maximum absolute atomic E-state index is 13.0. The number of likely N-dealkylation sites (tertiary alicyclic amines) is 1. The number of anilines is 1. The zero-order chi connectivity index (χ0) is 18.0. The Hall–Kier alpha value is -1.75. The van der Waals surface area contributed by atoms with Crippen molar-refractivity contribution in [3.63, 3.8) is 0 Å². The van der Waals surface area contributed by atoms with Gasteiger partial charge in [-0.2, -0.15) is 0 Å². The molecule has 2 aliphatic rings. The Morgan fingerprint density at radius 1 is 1.12 bits per heavy atom. The highest BCUT2D eigenvalue weighted by Crippen LogP contribution is 2.32. The number of benzene rings is 1. The molecule has 0 bridgehead atoms. The number of rotatable bonds is 3. The number of nitrogens with zero attached hydrogens (tertiary/aromatic N) is 2. The Labute approximate surface area is 153 Å². The summed E-state index contributed by atoms with van der Waals surface area (Å²) in [5.41, 5.74) is 0.607. The monoisotopic (exact) mass is 364 g/mol. The molecule has 0 radical (unpaired) electrons. The lowest BCUT2D eigenvalue weighted by molar-refractivity contribution is -0.150. The van der Waals surface area contributed by atoms with E-state index in [4.69, 9.17) is 11.6 Å². The lowest BCUT2D eigenvalue weighted by Gasteiger charge is -2.37. The van der Waals surface area contributed by atoms with Gasteiger partial charge in [-0.1, -0.05) is 11.6 Å². The van der Waals surface area contributed by atoms with Gasteiger partial charge in [0.15, 0.2) is 0 Å². The molecule has 0 spiro atoms. The maximum atomic E-state index is 13.0. The standard InChI is InChI=1S/C19H25ClN2O3/c1-19(18(24)25)8-5-11-22(13-19)17(23)15-12-14(6-7-16(15)20)21-9-3-2-4-10-21/h6-7,12H,2-5,8-11,13H2,1H3,(H,24,25). The summed E-state index contributed by atoms with van der Waals surface area (Å²) in [7, 11) is 0. The van der Waals surface area contributed by atoms with E-state index in [1.54, 1.807) is 17.9 Å². The number of halogens is 1. The second-order valence-electron chi connectivity index (χ2n) is 7.41. The SMILES string of the molecule is CC1(C(=O)O)CCCN(C(=O)c2cc(N3CCCCC3)ccc2Cl)C1. The van der Waals surface area contributed by atoms with Gasteiger partial charge in [-0.3, -0.25) is 9.59 Å². The molecule has 2 fully saturated rings.